The molecule has 1 fully saturated rings. The van der Waals surface area contributed by atoms with Gasteiger partial charge in [0.2, 0.25) is 0 Å². The van der Waals surface area contributed by atoms with E-state index in [1.165, 1.54) is 0 Å². The van der Waals surface area contributed by atoms with Gasteiger partial charge in [0, 0.05) is 13.1 Å². The lowest BCUT2D eigenvalue weighted by atomic mass is 10.1. The first-order chi connectivity index (χ1) is 3.79. The van der Waals surface area contributed by atoms with Gasteiger partial charge in [0.1, 0.15) is 0 Å². The van der Waals surface area contributed by atoms with Gasteiger partial charge in [-0.15, -0.1) is 12.4 Å². The average molecular weight is 152 g/mol. The molecule has 2 nitrogen and oxygen atoms in total. The van der Waals surface area contributed by atoms with Crippen LogP contribution in [0.5, 0.6) is 0 Å². The summed E-state index contributed by atoms with van der Waals surface area (Å²) in [6.45, 7) is 2.11. The van der Waals surface area contributed by atoms with Gasteiger partial charge < -0.3 is 10.0 Å². The van der Waals surface area contributed by atoms with E-state index in [1.54, 1.807) is 0 Å². The first-order valence-electron chi connectivity index (χ1n) is 3.15. The molecule has 0 saturated carbocycles. The minimum Gasteiger partial charge on any atom is -0.393 e. The molecule has 1 N–H and O–H groups in total. The lowest BCUT2D eigenvalue weighted by Gasteiger charge is -2.25. The summed E-state index contributed by atoms with van der Waals surface area (Å²) >= 11 is 0. The van der Waals surface area contributed by atoms with E-state index in [1.807, 2.05) is 0 Å². The highest BCUT2D eigenvalue weighted by Gasteiger charge is 2.12. The summed E-state index contributed by atoms with van der Waals surface area (Å²) in [4.78, 5) is 2.24. The average Bonchev–Trinajstić information content (AvgIpc) is 1.77. The number of likely N-dealkylation sites (tertiary alicyclic amines) is 1. The van der Waals surface area contributed by atoms with E-state index in [4.69, 9.17) is 5.11 Å². The maximum atomic E-state index is 9.00. The van der Waals surface area contributed by atoms with Crippen molar-refractivity contribution in [3.8, 4) is 0 Å². The van der Waals surface area contributed by atoms with E-state index in [2.05, 4.69) is 11.9 Å². The lowest BCUT2D eigenvalue weighted by molar-refractivity contribution is 0.0943. The minimum absolute atomic E-state index is 0. The summed E-state index contributed by atoms with van der Waals surface area (Å²) in [6.07, 6.45) is 1.89. The third kappa shape index (κ3) is 3.04. The zero-order valence-electron chi connectivity index (χ0n) is 5.71. The Hall–Kier alpha value is 0.210. The number of nitrogens with zero attached hydrogens (tertiary/aromatic N) is 1. The highest BCUT2D eigenvalue weighted by molar-refractivity contribution is 5.85. The van der Waals surface area contributed by atoms with Gasteiger partial charge in [0.05, 0.1) is 6.10 Å². The molecular weight excluding hydrogens is 138 g/mol. The molecule has 9 heavy (non-hydrogen) atoms. The molecule has 1 rings (SSSR count). The number of hydrogen-bond donors (Lipinski definition) is 1. The van der Waals surface area contributed by atoms with Crippen molar-refractivity contribution in [2.75, 3.05) is 20.1 Å². The van der Waals surface area contributed by atoms with E-state index in [0.717, 1.165) is 25.9 Å². The number of aliphatic hydroxyl groups excluding tert-OH is 1. The number of hydrogen-bond acceptors (Lipinski definition) is 2. The fraction of sp³-hybridized carbons (Fsp3) is 1.00. The largest absolute Gasteiger partial charge is 0.393 e. The normalized spacial score (nSPS) is 23.3. The molecular formula is C6H14ClNO. The van der Waals surface area contributed by atoms with Crippen LogP contribution in [0.4, 0.5) is 0 Å². The van der Waals surface area contributed by atoms with Crippen LogP contribution in [0.15, 0.2) is 0 Å². The Morgan fingerprint density at radius 1 is 1.33 bits per heavy atom. The lowest BCUT2D eigenvalue weighted by Crippen LogP contribution is -2.32. The summed E-state index contributed by atoms with van der Waals surface area (Å²) in [5.74, 6) is 0. The van der Waals surface area contributed by atoms with E-state index < -0.39 is 0 Å². The minimum atomic E-state index is -0.0220. The number of rotatable bonds is 0. The van der Waals surface area contributed by atoms with Gasteiger partial charge in [0.25, 0.3) is 0 Å². The van der Waals surface area contributed by atoms with Gasteiger partial charge in [0.15, 0.2) is 0 Å². The Bertz CT molecular complexity index is 61.5. The smallest absolute Gasteiger partial charge is 0.0564 e. The van der Waals surface area contributed by atoms with Crippen LogP contribution < -0.4 is 0 Å². The molecule has 0 spiro atoms. The third-order valence-electron chi connectivity index (χ3n) is 1.69. The van der Waals surface area contributed by atoms with Crippen molar-refractivity contribution in [3.05, 3.63) is 0 Å². The second-order valence-electron chi connectivity index (χ2n) is 2.53. The van der Waals surface area contributed by atoms with Gasteiger partial charge in [-0.05, 0) is 19.9 Å². The fourth-order valence-corrected chi connectivity index (χ4v) is 0.995. The van der Waals surface area contributed by atoms with Gasteiger partial charge in [-0.25, -0.2) is 0 Å². The molecule has 1 saturated heterocycles. The predicted octanol–water partition coefficient (Wildman–Crippen LogP) is 0.495. The van der Waals surface area contributed by atoms with Gasteiger partial charge in [-0.2, -0.15) is 0 Å². The van der Waals surface area contributed by atoms with Gasteiger partial charge in [-0.1, -0.05) is 0 Å². The van der Waals surface area contributed by atoms with Crippen molar-refractivity contribution in [3.63, 3.8) is 0 Å². The summed E-state index contributed by atoms with van der Waals surface area (Å²) < 4.78 is 0. The van der Waals surface area contributed by atoms with Gasteiger partial charge >= 0.3 is 0 Å². The van der Waals surface area contributed by atoms with Crippen molar-refractivity contribution in [1.82, 2.24) is 4.90 Å². The summed E-state index contributed by atoms with van der Waals surface area (Å²) in [7, 11) is 2.09. The molecule has 56 valence electrons. The van der Waals surface area contributed by atoms with Crippen LogP contribution in [0.2, 0.25) is 0 Å². The molecule has 0 amide bonds. The van der Waals surface area contributed by atoms with E-state index in [-0.39, 0.29) is 18.5 Å². The third-order valence-corrected chi connectivity index (χ3v) is 1.69. The van der Waals surface area contributed by atoms with E-state index >= 15 is 0 Å². The molecule has 0 unspecified atom stereocenters. The SMILES string of the molecule is CN1CCC(O)CC1.Cl. The number of aliphatic hydroxyl groups is 1. The predicted molar refractivity (Wildman–Crippen MR) is 40.0 cm³/mol. The van der Waals surface area contributed by atoms with Crippen LogP contribution >= 0.6 is 12.4 Å². The number of piperidine rings is 1. The molecule has 0 aliphatic carbocycles. The fourth-order valence-electron chi connectivity index (χ4n) is 0.995. The van der Waals surface area contributed by atoms with Crippen LogP contribution in [-0.4, -0.2) is 36.2 Å². The Morgan fingerprint density at radius 3 is 2.11 bits per heavy atom. The molecule has 0 bridgehead atoms. The second-order valence-corrected chi connectivity index (χ2v) is 2.53. The van der Waals surface area contributed by atoms with Gasteiger partial charge in [-0.3, -0.25) is 0 Å². The summed E-state index contributed by atoms with van der Waals surface area (Å²) in [6, 6.07) is 0. The van der Waals surface area contributed by atoms with E-state index in [0.29, 0.717) is 0 Å². The first kappa shape index (κ1) is 9.21. The standard InChI is InChI=1S/C6H13NO.ClH/c1-7-4-2-6(8)3-5-7;/h6,8H,2-5H2,1H3;1H. The molecule has 1 heterocycles. The highest BCUT2D eigenvalue weighted by Crippen LogP contribution is 2.06. The quantitative estimate of drug-likeness (QED) is 0.545. The molecule has 0 radical (unpaired) electrons. The van der Waals surface area contributed by atoms with E-state index in [9.17, 15) is 0 Å². The highest BCUT2D eigenvalue weighted by atomic mass is 35.5. The van der Waals surface area contributed by atoms with Crippen molar-refractivity contribution in [1.29, 1.82) is 0 Å². The summed E-state index contributed by atoms with van der Waals surface area (Å²) in [5.41, 5.74) is 0. The first-order valence-corrected chi connectivity index (χ1v) is 3.15. The van der Waals surface area contributed by atoms with Crippen LogP contribution in [0.1, 0.15) is 12.8 Å². The van der Waals surface area contributed by atoms with Crippen molar-refractivity contribution < 1.29 is 5.11 Å². The molecule has 0 aromatic carbocycles. The topological polar surface area (TPSA) is 23.5 Å². The Morgan fingerprint density at radius 2 is 1.78 bits per heavy atom. The Kier molecular flexibility index (Phi) is 4.19. The maximum Gasteiger partial charge on any atom is 0.0564 e. The zero-order valence-corrected chi connectivity index (χ0v) is 6.52. The molecule has 1 aliphatic rings. The van der Waals surface area contributed by atoms with Crippen LogP contribution in [0.3, 0.4) is 0 Å². The van der Waals surface area contributed by atoms with Crippen molar-refractivity contribution in [2.45, 2.75) is 18.9 Å². The molecule has 3 heteroatoms. The Labute approximate surface area is 62.3 Å². The van der Waals surface area contributed by atoms with Crippen LogP contribution in [0, 0.1) is 0 Å². The molecule has 1 aliphatic heterocycles. The van der Waals surface area contributed by atoms with Crippen LogP contribution in [0.25, 0.3) is 0 Å². The monoisotopic (exact) mass is 151 g/mol. The van der Waals surface area contributed by atoms with Crippen molar-refractivity contribution >= 4 is 12.4 Å². The molecule has 0 aromatic heterocycles. The Balaban J connectivity index is 0.000000640. The molecule has 0 aromatic rings. The maximum absolute atomic E-state index is 9.00. The van der Waals surface area contributed by atoms with Crippen molar-refractivity contribution in [2.24, 2.45) is 0 Å². The summed E-state index contributed by atoms with van der Waals surface area (Å²) in [5, 5.41) is 9.00. The second kappa shape index (κ2) is 4.09. The molecule has 0 atom stereocenters. The zero-order chi connectivity index (χ0) is 5.98. The van der Waals surface area contributed by atoms with Crippen LogP contribution in [-0.2, 0) is 0 Å². The number of halogens is 1.